The summed E-state index contributed by atoms with van der Waals surface area (Å²) in [6, 6.07) is 7.19. The van der Waals surface area contributed by atoms with Gasteiger partial charge in [0.25, 0.3) is 0 Å². The third kappa shape index (κ3) is 3.63. The van der Waals surface area contributed by atoms with E-state index in [2.05, 4.69) is 34.1 Å². The van der Waals surface area contributed by atoms with E-state index in [4.69, 9.17) is 0 Å². The number of fused-ring (bicyclic) bond motifs is 1. The van der Waals surface area contributed by atoms with Crippen LogP contribution in [0.5, 0.6) is 0 Å². The van der Waals surface area contributed by atoms with Crippen LogP contribution >= 0.6 is 0 Å². The quantitative estimate of drug-likeness (QED) is 0.669. The lowest BCUT2D eigenvalue weighted by atomic mass is 10.1. The van der Waals surface area contributed by atoms with Gasteiger partial charge < -0.3 is 10.2 Å². The second-order valence-corrected chi connectivity index (χ2v) is 6.44. The maximum Gasteiger partial charge on any atom is 0.301 e. The van der Waals surface area contributed by atoms with Crippen molar-refractivity contribution in [3.8, 4) is 0 Å². The highest BCUT2D eigenvalue weighted by Gasteiger charge is 2.21. The number of anilines is 1. The fourth-order valence-electron chi connectivity index (χ4n) is 3.18. The van der Waals surface area contributed by atoms with Crippen molar-refractivity contribution >= 4 is 22.3 Å². The zero-order valence-corrected chi connectivity index (χ0v) is 14.1. The molecule has 2 aromatic rings. The van der Waals surface area contributed by atoms with E-state index in [9.17, 15) is 10.1 Å². The van der Waals surface area contributed by atoms with Crippen molar-refractivity contribution in [2.24, 2.45) is 0 Å². The average Bonchev–Trinajstić information content (AvgIpc) is 2.56. The van der Waals surface area contributed by atoms with Crippen LogP contribution in [-0.4, -0.2) is 65.5 Å². The molecule has 128 valence electrons. The van der Waals surface area contributed by atoms with Gasteiger partial charge in [-0.1, -0.05) is 0 Å². The molecular weight excluding hydrogens is 306 g/mol. The third-order valence-corrected chi connectivity index (χ3v) is 4.47. The number of piperazine rings is 1. The van der Waals surface area contributed by atoms with Crippen LogP contribution in [0.4, 0.5) is 11.4 Å². The van der Waals surface area contributed by atoms with Crippen molar-refractivity contribution in [1.29, 1.82) is 0 Å². The highest BCUT2D eigenvalue weighted by atomic mass is 16.6. The van der Waals surface area contributed by atoms with Crippen LogP contribution in [0.2, 0.25) is 0 Å². The van der Waals surface area contributed by atoms with E-state index in [0.717, 1.165) is 32.7 Å². The van der Waals surface area contributed by atoms with Gasteiger partial charge in [-0.3, -0.25) is 20.0 Å². The van der Waals surface area contributed by atoms with E-state index in [0.29, 0.717) is 16.6 Å². The van der Waals surface area contributed by atoms with E-state index in [1.54, 1.807) is 24.4 Å². The number of benzene rings is 1. The van der Waals surface area contributed by atoms with Crippen molar-refractivity contribution in [1.82, 2.24) is 14.8 Å². The summed E-state index contributed by atoms with van der Waals surface area (Å²) in [5.41, 5.74) is 1.30. The zero-order valence-electron chi connectivity index (χ0n) is 14.1. The Morgan fingerprint density at radius 1 is 1.29 bits per heavy atom. The Kier molecular flexibility index (Phi) is 4.92. The number of pyridine rings is 1. The topological polar surface area (TPSA) is 74.5 Å². The standard InChI is InChI=1S/C17H23N5O2/c1-13(12-21-10-8-20(2)9-11-21)19-16-6-5-15-14(4-3-7-18-15)17(16)22(23)24/h3-7,13,19H,8-12H2,1-2H3/t13-/m1/s1. The Labute approximate surface area is 141 Å². The average molecular weight is 329 g/mol. The highest BCUT2D eigenvalue weighted by Crippen LogP contribution is 2.32. The number of hydrogen-bond acceptors (Lipinski definition) is 6. The third-order valence-electron chi connectivity index (χ3n) is 4.47. The van der Waals surface area contributed by atoms with Gasteiger partial charge in [-0.2, -0.15) is 0 Å². The summed E-state index contributed by atoms with van der Waals surface area (Å²) in [7, 11) is 2.13. The predicted molar refractivity (Wildman–Crippen MR) is 95.4 cm³/mol. The lowest BCUT2D eigenvalue weighted by molar-refractivity contribution is -0.382. The molecular formula is C17H23N5O2. The largest absolute Gasteiger partial charge is 0.376 e. The summed E-state index contributed by atoms with van der Waals surface area (Å²) in [6.07, 6.45) is 1.65. The molecule has 0 unspecified atom stereocenters. The molecule has 0 amide bonds. The number of nitro groups is 1. The van der Waals surface area contributed by atoms with E-state index in [1.807, 2.05) is 6.07 Å². The number of likely N-dealkylation sites (N-methyl/N-ethyl adjacent to an activating group) is 1. The van der Waals surface area contributed by atoms with Crippen molar-refractivity contribution in [2.75, 3.05) is 45.1 Å². The lowest BCUT2D eigenvalue weighted by Crippen LogP contribution is -2.47. The van der Waals surface area contributed by atoms with E-state index in [-0.39, 0.29) is 16.7 Å². The number of nitrogens with one attached hydrogen (secondary N) is 1. The molecule has 1 N–H and O–H groups in total. The Hall–Kier alpha value is -2.25. The van der Waals surface area contributed by atoms with Gasteiger partial charge in [-0.05, 0) is 38.2 Å². The van der Waals surface area contributed by atoms with E-state index < -0.39 is 0 Å². The number of rotatable bonds is 5. The van der Waals surface area contributed by atoms with Crippen LogP contribution < -0.4 is 5.32 Å². The summed E-state index contributed by atoms with van der Waals surface area (Å²) < 4.78 is 0. The first-order valence-corrected chi connectivity index (χ1v) is 8.24. The van der Waals surface area contributed by atoms with Gasteiger partial charge in [-0.15, -0.1) is 0 Å². The first-order valence-electron chi connectivity index (χ1n) is 8.24. The molecule has 7 heteroatoms. The highest BCUT2D eigenvalue weighted by molar-refractivity contribution is 5.94. The van der Waals surface area contributed by atoms with E-state index >= 15 is 0 Å². The molecule has 2 heterocycles. The lowest BCUT2D eigenvalue weighted by Gasteiger charge is -2.34. The Morgan fingerprint density at radius 2 is 2.04 bits per heavy atom. The molecule has 0 bridgehead atoms. The normalized spacial score (nSPS) is 17.8. The maximum absolute atomic E-state index is 11.6. The molecule has 1 aromatic carbocycles. The molecule has 1 atom stereocenters. The molecule has 1 aliphatic rings. The van der Waals surface area contributed by atoms with Crippen molar-refractivity contribution in [2.45, 2.75) is 13.0 Å². The molecule has 1 saturated heterocycles. The van der Waals surface area contributed by atoms with Crippen molar-refractivity contribution in [3.05, 3.63) is 40.6 Å². The van der Waals surface area contributed by atoms with Gasteiger partial charge in [0.1, 0.15) is 5.69 Å². The minimum Gasteiger partial charge on any atom is -0.376 e. The monoisotopic (exact) mass is 329 g/mol. The van der Waals surface area contributed by atoms with Gasteiger partial charge in [0.2, 0.25) is 0 Å². The number of nitro benzene ring substituents is 1. The molecule has 0 saturated carbocycles. The molecule has 1 aliphatic heterocycles. The van der Waals surface area contributed by atoms with Gasteiger partial charge in [0.15, 0.2) is 0 Å². The first-order chi connectivity index (χ1) is 11.5. The smallest absolute Gasteiger partial charge is 0.301 e. The zero-order chi connectivity index (χ0) is 17.1. The number of aromatic nitrogens is 1. The SMILES string of the molecule is C[C@H](CN1CCN(C)CC1)Nc1ccc2ncccc2c1[N+](=O)[O-]. The predicted octanol–water partition coefficient (Wildman–Crippen LogP) is 2.19. The van der Waals surface area contributed by atoms with Crippen molar-refractivity contribution in [3.63, 3.8) is 0 Å². The fraction of sp³-hybridized carbons (Fsp3) is 0.471. The van der Waals surface area contributed by atoms with Gasteiger partial charge in [0.05, 0.1) is 15.8 Å². The second-order valence-electron chi connectivity index (χ2n) is 6.44. The fourth-order valence-corrected chi connectivity index (χ4v) is 3.18. The van der Waals surface area contributed by atoms with Crippen LogP contribution in [0.3, 0.4) is 0 Å². The minimum absolute atomic E-state index is 0.103. The number of nitrogens with zero attached hydrogens (tertiary/aromatic N) is 4. The summed E-state index contributed by atoms with van der Waals surface area (Å²) in [5.74, 6) is 0. The van der Waals surface area contributed by atoms with E-state index in [1.165, 1.54) is 0 Å². The van der Waals surface area contributed by atoms with Crippen LogP contribution in [0.25, 0.3) is 10.9 Å². The van der Waals surface area contributed by atoms with Crippen molar-refractivity contribution < 1.29 is 4.92 Å². The second kappa shape index (κ2) is 7.11. The Bertz CT molecular complexity index is 728. The van der Waals surface area contributed by atoms with Crippen LogP contribution in [0.15, 0.2) is 30.5 Å². The minimum atomic E-state index is -0.324. The molecule has 0 radical (unpaired) electrons. The van der Waals surface area contributed by atoms with Gasteiger partial charge in [0, 0.05) is 45.0 Å². The van der Waals surface area contributed by atoms with Crippen LogP contribution in [-0.2, 0) is 0 Å². The molecule has 0 spiro atoms. The Balaban J connectivity index is 1.76. The van der Waals surface area contributed by atoms with Gasteiger partial charge in [-0.25, -0.2) is 0 Å². The molecule has 1 fully saturated rings. The summed E-state index contributed by atoms with van der Waals surface area (Å²) in [4.78, 5) is 20.2. The van der Waals surface area contributed by atoms with Crippen LogP contribution in [0, 0.1) is 10.1 Å². The summed E-state index contributed by atoms with van der Waals surface area (Å²) >= 11 is 0. The van der Waals surface area contributed by atoms with Gasteiger partial charge >= 0.3 is 5.69 Å². The number of hydrogen-bond donors (Lipinski definition) is 1. The maximum atomic E-state index is 11.6. The summed E-state index contributed by atoms with van der Waals surface area (Å²) in [6.45, 7) is 7.13. The Morgan fingerprint density at radius 3 is 2.75 bits per heavy atom. The molecule has 3 rings (SSSR count). The molecule has 7 nitrogen and oxygen atoms in total. The molecule has 1 aromatic heterocycles. The molecule has 0 aliphatic carbocycles. The molecule has 24 heavy (non-hydrogen) atoms. The summed E-state index contributed by atoms with van der Waals surface area (Å²) in [5, 5.41) is 15.5. The first kappa shape index (κ1) is 16.6. The van der Waals surface area contributed by atoms with Crippen LogP contribution in [0.1, 0.15) is 6.92 Å².